The summed E-state index contributed by atoms with van der Waals surface area (Å²) in [6, 6.07) is 6.77. The molecule has 0 aliphatic carbocycles. The third-order valence-electron chi connectivity index (χ3n) is 6.83. The first kappa shape index (κ1) is 24.9. The van der Waals surface area contributed by atoms with E-state index in [1.54, 1.807) is 38.1 Å². The Bertz CT molecular complexity index is 1090. The largest absolute Gasteiger partial charge is 0.478 e. The van der Waals surface area contributed by atoms with Crippen LogP contribution in [0.3, 0.4) is 0 Å². The number of likely N-dealkylation sites (tertiary alicyclic amines) is 1. The molecule has 9 heteroatoms. The van der Waals surface area contributed by atoms with Crippen molar-refractivity contribution in [1.29, 1.82) is 0 Å². The van der Waals surface area contributed by atoms with Gasteiger partial charge in [-0.1, -0.05) is 26.7 Å². The fraction of sp³-hybridized carbons (Fsp3) is 0.538. The number of anilines is 2. The van der Waals surface area contributed by atoms with Crippen LogP contribution in [0.1, 0.15) is 49.9 Å². The molecule has 1 aromatic heterocycles. The molecule has 2 aliphatic heterocycles. The van der Waals surface area contributed by atoms with Crippen LogP contribution in [0.5, 0.6) is 0 Å². The normalized spacial score (nSPS) is 17.5. The van der Waals surface area contributed by atoms with E-state index in [9.17, 15) is 19.5 Å². The van der Waals surface area contributed by atoms with Crippen LogP contribution < -0.4 is 10.2 Å². The SMILES string of the molecule is CC(C)C(=O)Nc1ccc2nc(N3CCN(CC(=O)N4CCCCCC4)CC3)cc(C(=O)O)c2c1. The van der Waals surface area contributed by atoms with E-state index < -0.39 is 5.97 Å². The highest BCUT2D eigenvalue weighted by Crippen LogP contribution is 2.27. The van der Waals surface area contributed by atoms with Gasteiger partial charge in [0.05, 0.1) is 17.6 Å². The van der Waals surface area contributed by atoms with E-state index in [2.05, 4.69) is 15.1 Å². The second kappa shape index (κ2) is 11.0. The number of fused-ring (bicyclic) bond motifs is 1. The monoisotopic (exact) mass is 481 g/mol. The van der Waals surface area contributed by atoms with Crippen LogP contribution in [0.15, 0.2) is 24.3 Å². The lowest BCUT2D eigenvalue weighted by Crippen LogP contribution is -2.50. The standard InChI is InChI=1S/C26H35N5O4/c1-18(2)25(33)27-19-7-8-22-20(15-19)21(26(34)35)16-23(28-22)30-13-11-29(12-14-30)17-24(32)31-9-5-3-4-6-10-31/h7-8,15-16,18H,3-6,9-14,17H2,1-2H3,(H,27,33)(H,34,35). The minimum Gasteiger partial charge on any atom is -0.478 e. The van der Waals surface area contributed by atoms with E-state index in [1.807, 2.05) is 4.90 Å². The molecular formula is C26H35N5O4. The van der Waals surface area contributed by atoms with Crippen LogP contribution in [-0.4, -0.2) is 83.5 Å². The number of piperazine rings is 1. The van der Waals surface area contributed by atoms with Crippen LogP contribution in [-0.2, 0) is 9.59 Å². The van der Waals surface area contributed by atoms with Crippen LogP contribution in [0.2, 0.25) is 0 Å². The molecule has 0 unspecified atom stereocenters. The molecule has 9 nitrogen and oxygen atoms in total. The molecule has 0 bridgehead atoms. The number of rotatable bonds is 6. The number of hydrogen-bond acceptors (Lipinski definition) is 6. The van der Waals surface area contributed by atoms with Crippen LogP contribution in [0.4, 0.5) is 11.5 Å². The van der Waals surface area contributed by atoms with Crippen molar-refractivity contribution in [2.75, 3.05) is 56.0 Å². The number of benzene rings is 1. The predicted molar refractivity (Wildman–Crippen MR) is 136 cm³/mol. The highest BCUT2D eigenvalue weighted by molar-refractivity contribution is 6.05. The zero-order valence-electron chi connectivity index (χ0n) is 20.6. The maximum absolute atomic E-state index is 12.7. The number of nitrogens with one attached hydrogen (secondary N) is 1. The third-order valence-corrected chi connectivity index (χ3v) is 6.83. The predicted octanol–water partition coefficient (Wildman–Crippen LogP) is 3.05. The Morgan fingerprint density at radius 1 is 0.971 bits per heavy atom. The van der Waals surface area contributed by atoms with Gasteiger partial charge in [-0.15, -0.1) is 0 Å². The van der Waals surface area contributed by atoms with E-state index in [-0.39, 0.29) is 23.3 Å². The summed E-state index contributed by atoms with van der Waals surface area (Å²) in [4.78, 5) is 47.8. The van der Waals surface area contributed by atoms with Gasteiger partial charge in [-0.3, -0.25) is 14.5 Å². The molecule has 4 rings (SSSR count). The third kappa shape index (κ3) is 6.08. The average Bonchev–Trinajstić information content (AvgIpc) is 3.13. The second-order valence-electron chi connectivity index (χ2n) is 9.77. The van der Waals surface area contributed by atoms with Crippen molar-refractivity contribution in [3.63, 3.8) is 0 Å². The number of pyridine rings is 1. The number of hydrogen-bond donors (Lipinski definition) is 2. The van der Waals surface area contributed by atoms with Crippen molar-refractivity contribution in [2.45, 2.75) is 39.5 Å². The first-order valence-corrected chi connectivity index (χ1v) is 12.6. The second-order valence-corrected chi connectivity index (χ2v) is 9.77. The number of carbonyl (C=O) groups is 3. The molecule has 1 aromatic carbocycles. The lowest BCUT2D eigenvalue weighted by Gasteiger charge is -2.36. The molecule has 0 radical (unpaired) electrons. The topological polar surface area (TPSA) is 106 Å². The van der Waals surface area contributed by atoms with Gasteiger partial charge in [-0.2, -0.15) is 0 Å². The first-order chi connectivity index (χ1) is 16.8. The van der Waals surface area contributed by atoms with E-state index in [0.29, 0.717) is 42.0 Å². The number of amides is 2. The van der Waals surface area contributed by atoms with Gasteiger partial charge >= 0.3 is 5.97 Å². The molecule has 2 saturated heterocycles. The minimum absolute atomic E-state index is 0.127. The summed E-state index contributed by atoms with van der Waals surface area (Å²) >= 11 is 0. The molecule has 3 heterocycles. The molecule has 2 N–H and O–H groups in total. The van der Waals surface area contributed by atoms with Gasteiger partial charge in [0.2, 0.25) is 11.8 Å². The number of nitrogens with zero attached hydrogens (tertiary/aromatic N) is 4. The van der Waals surface area contributed by atoms with E-state index >= 15 is 0 Å². The summed E-state index contributed by atoms with van der Waals surface area (Å²) in [6.45, 7) is 8.56. The Morgan fingerprint density at radius 2 is 1.66 bits per heavy atom. The molecule has 2 aromatic rings. The summed E-state index contributed by atoms with van der Waals surface area (Å²) in [7, 11) is 0. The fourth-order valence-corrected chi connectivity index (χ4v) is 4.66. The summed E-state index contributed by atoms with van der Waals surface area (Å²) < 4.78 is 0. The molecular weight excluding hydrogens is 446 g/mol. The summed E-state index contributed by atoms with van der Waals surface area (Å²) in [5.74, 6) is -0.515. The summed E-state index contributed by atoms with van der Waals surface area (Å²) in [5.41, 5.74) is 1.28. The van der Waals surface area contributed by atoms with Gasteiger partial charge in [-0.05, 0) is 37.1 Å². The van der Waals surface area contributed by atoms with Crippen molar-refractivity contribution in [3.8, 4) is 0 Å². The van der Waals surface area contributed by atoms with Crippen molar-refractivity contribution in [1.82, 2.24) is 14.8 Å². The van der Waals surface area contributed by atoms with Crippen molar-refractivity contribution < 1.29 is 19.5 Å². The molecule has 35 heavy (non-hydrogen) atoms. The number of aromatic carboxylic acids is 1. The van der Waals surface area contributed by atoms with Gasteiger partial charge in [0, 0.05) is 56.3 Å². The Kier molecular flexibility index (Phi) is 7.85. The smallest absolute Gasteiger partial charge is 0.336 e. The highest BCUT2D eigenvalue weighted by atomic mass is 16.4. The zero-order chi connectivity index (χ0) is 24.9. The Balaban J connectivity index is 1.44. The molecule has 0 spiro atoms. The maximum atomic E-state index is 12.7. The minimum atomic E-state index is -1.03. The van der Waals surface area contributed by atoms with Crippen LogP contribution in [0.25, 0.3) is 10.9 Å². The van der Waals surface area contributed by atoms with Gasteiger partial charge in [0.25, 0.3) is 0 Å². The van der Waals surface area contributed by atoms with Gasteiger partial charge in [0.1, 0.15) is 5.82 Å². The lowest BCUT2D eigenvalue weighted by atomic mass is 10.1. The molecule has 0 saturated carbocycles. The van der Waals surface area contributed by atoms with E-state index in [4.69, 9.17) is 4.98 Å². The van der Waals surface area contributed by atoms with Crippen molar-refractivity contribution in [3.05, 3.63) is 29.8 Å². The number of carboxylic acids is 1. The van der Waals surface area contributed by atoms with E-state index in [1.165, 1.54) is 12.8 Å². The quantitative estimate of drug-likeness (QED) is 0.653. The molecule has 188 valence electrons. The molecule has 0 atom stereocenters. The van der Waals surface area contributed by atoms with Crippen molar-refractivity contribution in [2.24, 2.45) is 5.92 Å². The zero-order valence-corrected chi connectivity index (χ0v) is 20.6. The lowest BCUT2D eigenvalue weighted by molar-refractivity contribution is -0.132. The maximum Gasteiger partial charge on any atom is 0.336 e. The fourth-order valence-electron chi connectivity index (χ4n) is 4.66. The Hall–Kier alpha value is -3.20. The number of carbonyl (C=O) groups excluding carboxylic acids is 2. The van der Waals surface area contributed by atoms with Gasteiger partial charge in [0.15, 0.2) is 0 Å². The first-order valence-electron chi connectivity index (χ1n) is 12.6. The van der Waals surface area contributed by atoms with E-state index in [0.717, 1.165) is 39.0 Å². The number of carboxylic acid groups (broad SMARTS) is 1. The van der Waals surface area contributed by atoms with Crippen molar-refractivity contribution >= 4 is 40.2 Å². The van der Waals surface area contributed by atoms with Gasteiger partial charge in [-0.25, -0.2) is 9.78 Å². The number of aromatic nitrogens is 1. The van der Waals surface area contributed by atoms with Crippen LogP contribution >= 0.6 is 0 Å². The Labute approximate surface area is 206 Å². The Morgan fingerprint density at radius 3 is 2.29 bits per heavy atom. The highest BCUT2D eigenvalue weighted by Gasteiger charge is 2.24. The van der Waals surface area contributed by atoms with Crippen LogP contribution in [0, 0.1) is 5.92 Å². The molecule has 2 amide bonds. The molecule has 2 fully saturated rings. The van der Waals surface area contributed by atoms with Gasteiger partial charge < -0.3 is 20.2 Å². The summed E-state index contributed by atoms with van der Waals surface area (Å²) in [5, 5.41) is 13.2. The summed E-state index contributed by atoms with van der Waals surface area (Å²) in [6.07, 6.45) is 4.58. The molecule has 2 aliphatic rings. The average molecular weight is 482 g/mol.